The summed E-state index contributed by atoms with van der Waals surface area (Å²) in [4.78, 5) is 24.3. The fourth-order valence-corrected chi connectivity index (χ4v) is 1.90. The molecular weight excluding hydrogens is 274 g/mol. The summed E-state index contributed by atoms with van der Waals surface area (Å²) in [6, 6.07) is 1.86. The van der Waals surface area contributed by atoms with Gasteiger partial charge in [0.05, 0.1) is 24.0 Å². The van der Waals surface area contributed by atoms with Crippen LogP contribution < -0.4 is 0 Å². The van der Waals surface area contributed by atoms with Crippen molar-refractivity contribution in [3.05, 3.63) is 35.9 Å². The number of carbonyl (C=O) groups is 2. The summed E-state index contributed by atoms with van der Waals surface area (Å²) in [5.74, 6) is -1.23. The Kier molecular flexibility index (Phi) is 4.36. The quantitative estimate of drug-likeness (QED) is 0.834. The zero-order valence-electron chi connectivity index (χ0n) is 11.9. The van der Waals surface area contributed by atoms with Crippen molar-refractivity contribution in [3.8, 4) is 0 Å². The molecule has 2 rings (SSSR count). The largest absolute Gasteiger partial charge is 0.480 e. The molecule has 21 heavy (non-hydrogen) atoms. The summed E-state index contributed by atoms with van der Waals surface area (Å²) < 4.78 is 3.01. The number of aromatic nitrogens is 4. The van der Waals surface area contributed by atoms with Gasteiger partial charge in [0.2, 0.25) is 0 Å². The Morgan fingerprint density at radius 2 is 2.14 bits per heavy atom. The smallest absolute Gasteiger partial charge is 0.325 e. The summed E-state index contributed by atoms with van der Waals surface area (Å²) in [7, 11) is 1.67. The molecule has 0 bridgehead atoms. The first-order valence-corrected chi connectivity index (χ1v) is 6.51. The number of aliphatic carboxylic acids is 1. The number of aryl methyl sites for hydroxylation is 1. The Balaban J connectivity index is 2.01. The number of carboxylic acids is 1. The van der Waals surface area contributed by atoms with E-state index in [9.17, 15) is 9.59 Å². The van der Waals surface area contributed by atoms with Crippen LogP contribution in [-0.2, 0) is 24.4 Å². The van der Waals surface area contributed by atoms with Crippen LogP contribution in [0.1, 0.15) is 23.0 Å². The Morgan fingerprint density at radius 3 is 2.76 bits per heavy atom. The van der Waals surface area contributed by atoms with E-state index in [4.69, 9.17) is 5.11 Å². The minimum Gasteiger partial charge on any atom is -0.480 e. The molecule has 2 aromatic rings. The summed E-state index contributed by atoms with van der Waals surface area (Å²) in [6.45, 7) is 2.88. The summed E-state index contributed by atoms with van der Waals surface area (Å²) in [6.07, 6.45) is 4.66. The molecular formula is C13H17N5O3. The number of hydrogen-bond donors (Lipinski definition) is 1. The molecule has 0 saturated heterocycles. The highest BCUT2D eigenvalue weighted by molar-refractivity contribution is 5.93. The van der Waals surface area contributed by atoms with E-state index in [0.717, 1.165) is 12.2 Å². The average Bonchev–Trinajstić information content (AvgIpc) is 3.06. The molecule has 0 atom stereocenters. The van der Waals surface area contributed by atoms with Crippen molar-refractivity contribution in [1.82, 2.24) is 24.5 Å². The second-order valence-electron chi connectivity index (χ2n) is 4.64. The highest BCUT2D eigenvalue weighted by Gasteiger charge is 2.15. The van der Waals surface area contributed by atoms with Gasteiger partial charge in [0, 0.05) is 26.0 Å². The molecule has 0 fully saturated rings. The topological polar surface area (TPSA) is 93.2 Å². The molecule has 8 heteroatoms. The van der Waals surface area contributed by atoms with Crippen LogP contribution >= 0.6 is 0 Å². The van der Waals surface area contributed by atoms with Gasteiger partial charge in [-0.2, -0.15) is 10.2 Å². The molecule has 0 unspecified atom stereocenters. The number of nitrogens with zero attached hydrogens (tertiary/aromatic N) is 5. The van der Waals surface area contributed by atoms with Gasteiger partial charge in [-0.15, -0.1) is 0 Å². The Morgan fingerprint density at radius 1 is 1.38 bits per heavy atom. The van der Waals surface area contributed by atoms with Gasteiger partial charge in [0.1, 0.15) is 6.54 Å². The lowest BCUT2D eigenvalue weighted by molar-refractivity contribution is -0.137. The number of hydrogen-bond acceptors (Lipinski definition) is 4. The third kappa shape index (κ3) is 3.68. The fourth-order valence-electron chi connectivity index (χ4n) is 1.90. The normalized spacial score (nSPS) is 10.6. The maximum atomic E-state index is 12.2. The van der Waals surface area contributed by atoms with Gasteiger partial charge >= 0.3 is 5.97 Å². The van der Waals surface area contributed by atoms with Crippen molar-refractivity contribution in [1.29, 1.82) is 0 Å². The van der Waals surface area contributed by atoms with Crippen molar-refractivity contribution < 1.29 is 14.7 Å². The highest BCUT2D eigenvalue weighted by Crippen LogP contribution is 2.07. The standard InChI is InChI=1S/C13H17N5O3/c1-3-17-5-4-11(15-17)8-16(2)13(21)10-6-14-18(7-10)9-12(19)20/h4-7H,3,8-9H2,1-2H3,(H,19,20). The second-order valence-corrected chi connectivity index (χ2v) is 4.64. The molecule has 8 nitrogen and oxygen atoms in total. The molecule has 0 radical (unpaired) electrons. The third-order valence-electron chi connectivity index (χ3n) is 2.94. The van der Waals surface area contributed by atoms with Crippen LogP contribution in [0, 0.1) is 0 Å². The van der Waals surface area contributed by atoms with Crippen LogP contribution in [0.25, 0.3) is 0 Å². The van der Waals surface area contributed by atoms with Gasteiger partial charge in [0.25, 0.3) is 5.91 Å². The lowest BCUT2D eigenvalue weighted by Gasteiger charge is -2.14. The summed E-state index contributed by atoms with van der Waals surface area (Å²) in [5.41, 5.74) is 1.15. The van der Waals surface area contributed by atoms with E-state index in [1.54, 1.807) is 11.7 Å². The fraction of sp³-hybridized carbons (Fsp3) is 0.385. The highest BCUT2D eigenvalue weighted by atomic mass is 16.4. The zero-order chi connectivity index (χ0) is 15.4. The SMILES string of the molecule is CCn1ccc(CN(C)C(=O)c2cnn(CC(=O)O)c2)n1. The van der Waals surface area contributed by atoms with Crippen molar-refractivity contribution in [2.75, 3.05) is 7.05 Å². The van der Waals surface area contributed by atoms with Crippen LogP contribution in [0.3, 0.4) is 0 Å². The van der Waals surface area contributed by atoms with E-state index in [2.05, 4.69) is 10.2 Å². The predicted octanol–water partition coefficient (Wildman–Crippen LogP) is 0.456. The Hall–Kier alpha value is -2.64. The lowest BCUT2D eigenvalue weighted by atomic mass is 10.3. The first kappa shape index (κ1) is 14.8. The van der Waals surface area contributed by atoms with Crippen LogP contribution in [0.5, 0.6) is 0 Å². The molecule has 0 aromatic carbocycles. The van der Waals surface area contributed by atoms with Crippen molar-refractivity contribution in [3.63, 3.8) is 0 Å². The van der Waals surface area contributed by atoms with Gasteiger partial charge in [-0.25, -0.2) is 0 Å². The lowest BCUT2D eigenvalue weighted by Crippen LogP contribution is -2.26. The molecule has 2 heterocycles. The maximum Gasteiger partial charge on any atom is 0.325 e. The second kappa shape index (κ2) is 6.21. The van der Waals surface area contributed by atoms with E-state index in [1.165, 1.54) is 22.0 Å². The molecule has 0 aliphatic carbocycles. The molecule has 0 aliphatic rings. The maximum absolute atomic E-state index is 12.2. The summed E-state index contributed by atoms with van der Waals surface area (Å²) >= 11 is 0. The third-order valence-corrected chi connectivity index (χ3v) is 2.94. The van der Waals surface area contributed by atoms with Crippen LogP contribution in [0.2, 0.25) is 0 Å². The molecule has 0 aliphatic heterocycles. The monoisotopic (exact) mass is 291 g/mol. The number of amides is 1. The molecule has 112 valence electrons. The average molecular weight is 291 g/mol. The molecule has 0 saturated carbocycles. The molecule has 1 amide bonds. The first-order valence-electron chi connectivity index (χ1n) is 6.51. The molecule has 2 aromatic heterocycles. The van der Waals surface area contributed by atoms with E-state index in [0.29, 0.717) is 12.1 Å². The van der Waals surface area contributed by atoms with Crippen molar-refractivity contribution in [2.45, 2.75) is 26.6 Å². The van der Waals surface area contributed by atoms with Crippen molar-refractivity contribution >= 4 is 11.9 Å². The van der Waals surface area contributed by atoms with E-state index < -0.39 is 5.97 Å². The Bertz CT molecular complexity index is 646. The van der Waals surface area contributed by atoms with Crippen LogP contribution in [-0.4, -0.2) is 48.5 Å². The minimum atomic E-state index is -1.00. The van der Waals surface area contributed by atoms with Crippen molar-refractivity contribution in [2.24, 2.45) is 0 Å². The molecule has 0 spiro atoms. The van der Waals surface area contributed by atoms with Crippen LogP contribution in [0.15, 0.2) is 24.7 Å². The number of rotatable bonds is 6. The summed E-state index contributed by atoms with van der Waals surface area (Å²) in [5, 5.41) is 16.8. The van der Waals surface area contributed by atoms with Gasteiger partial charge < -0.3 is 10.0 Å². The molecule has 1 N–H and O–H groups in total. The Labute approximate surface area is 121 Å². The first-order chi connectivity index (χ1) is 9.99. The zero-order valence-corrected chi connectivity index (χ0v) is 11.9. The van der Waals surface area contributed by atoms with E-state index in [-0.39, 0.29) is 12.5 Å². The van der Waals surface area contributed by atoms with E-state index in [1.807, 2.05) is 19.2 Å². The van der Waals surface area contributed by atoms with Gasteiger partial charge in [0.15, 0.2) is 0 Å². The predicted molar refractivity (Wildman–Crippen MR) is 73.6 cm³/mol. The number of carboxylic acid groups (broad SMARTS) is 1. The van der Waals surface area contributed by atoms with Gasteiger partial charge in [-0.3, -0.25) is 19.0 Å². The van der Waals surface area contributed by atoms with Gasteiger partial charge in [-0.05, 0) is 13.0 Å². The minimum absolute atomic E-state index is 0.224. The van der Waals surface area contributed by atoms with Crippen LogP contribution in [0.4, 0.5) is 0 Å². The van der Waals surface area contributed by atoms with Gasteiger partial charge in [-0.1, -0.05) is 0 Å². The number of carbonyl (C=O) groups excluding carboxylic acids is 1. The van der Waals surface area contributed by atoms with E-state index >= 15 is 0 Å².